The number of benzene rings is 1. The summed E-state index contributed by atoms with van der Waals surface area (Å²) >= 11 is 0. The van der Waals surface area contributed by atoms with Crippen LogP contribution in [0.4, 0.5) is 0 Å². The van der Waals surface area contributed by atoms with Crippen molar-refractivity contribution in [2.45, 2.75) is 87.5 Å². The molecule has 0 spiro atoms. The van der Waals surface area contributed by atoms with E-state index in [1.165, 1.54) is 37.7 Å². The van der Waals surface area contributed by atoms with Crippen LogP contribution in [0, 0.1) is 17.8 Å². The van der Waals surface area contributed by atoms with Gasteiger partial charge in [0.15, 0.2) is 0 Å². The highest BCUT2D eigenvalue weighted by atomic mass is 14.1. The highest BCUT2D eigenvalue weighted by molar-refractivity contribution is 5.14. The van der Waals surface area contributed by atoms with E-state index in [4.69, 9.17) is 0 Å². The van der Waals surface area contributed by atoms with E-state index in [0.717, 1.165) is 17.8 Å². The predicted octanol–water partition coefficient (Wildman–Crippen LogP) is 8.33. The first-order chi connectivity index (χ1) is 11.6. The summed E-state index contributed by atoms with van der Waals surface area (Å²) in [4.78, 5) is 0. The van der Waals surface area contributed by atoms with Crippen molar-refractivity contribution in [2.24, 2.45) is 17.8 Å². The Morgan fingerprint density at radius 1 is 0.875 bits per heavy atom. The molecule has 0 aromatic heterocycles. The fraction of sp³-hybridized carbons (Fsp3) is 0.667. The summed E-state index contributed by atoms with van der Waals surface area (Å²) in [7, 11) is 0. The Morgan fingerprint density at radius 3 is 1.88 bits per heavy atom. The zero-order valence-electron chi connectivity index (χ0n) is 17.8. The zero-order valence-corrected chi connectivity index (χ0v) is 17.8. The van der Waals surface area contributed by atoms with Crippen LogP contribution in [0.25, 0.3) is 0 Å². The van der Waals surface area contributed by atoms with Gasteiger partial charge >= 0.3 is 0 Å². The van der Waals surface area contributed by atoms with Crippen LogP contribution in [-0.2, 0) is 6.42 Å². The molecule has 1 unspecified atom stereocenters. The molecule has 140 valence electrons. The zero-order chi connectivity index (χ0) is 18.8. The minimum Gasteiger partial charge on any atom is -0.0883 e. The lowest BCUT2D eigenvalue weighted by atomic mass is 9.89. The lowest BCUT2D eigenvalue weighted by Crippen LogP contribution is -2.04. The summed E-state index contributed by atoms with van der Waals surface area (Å²) in [6, 6.07) is 10.6. The van der Waals surface area contributed by atoms with E-state index in [1.807, 2.05) is 27.7 Å². The van der Waals surface area contributed by atoms with Crippen molar-refractivity contribution in [3.05, 3.63) is 48.0 Å². The lowest BCUT2D eigenvalue weighted by Gasteiger charge is -2.17. The Morgan fingerprint density at radius 2 is 1.46 bits per heavy atom. The molecular formula is C24H44. The van der Waals surface area contributed by atoms with Crippen molar-refractivity contribution in [1.29, 1.82) is 0 Å². The Balaban J connectivity index is 0. The van der Waals surface area contributed by atoms with E-state index in [9.17, 15) is 0 Å². The SMILES string of the molecule is CC.CC.CC(C)CC1C=CCCC1.CC(C)Cc1ccccc1. The van der Waals surface area contributed by atoms with Gasteiger partial charge in [-0.2, -0.15) is 0 Å². The summed E-state index contributed by atoms with van der Waals surface area (Å²) in [5, 5.41) is 0. The molecule has 0 bridgehead atoms. The predicted molar refractivity (Wildman–Crippen MR) is 114 cm³/mol. The maximum Gasteiger partial charge on any atom is -0.0231 e. The maximum atomic E-state index is 2.41. The summed E-state index contributed by atoms with van der Waals surface area (Å²) in [5.41, 5.74) is 1.44. The molecule has 0 radical (unpaired) electrons. The standard InChI is InChI=1S/C10H18.C10H14.2C2H6/c2*1-9(2)8-10-6-4-3-5-7-10;2*1-2/h4,6,9-10H,3,5,7-8H2,1-2H3;3-7,9H,8H2,1-2H3;2*1-2H3. The van der Waals surface area contributed by atoms with Gasteiger partial charge in [0, 0.05) is 0 Å². The van der Waals surface area contributed by atoms with Crippen LogP contribution in [-0.4, -0.2) is 0 Å². The molecular weight excluding hydrogens is 288 g/mol. The molecule has 1 aromatic rings. The highest BCUT2D eigenvalue weighted by Gasteiger charge is 2.09. The number of rotatable bonds is 4. The van der Waals surface area contributed by atoms with Crippen LogP contribution < -0.4 is 0 Å². The smallest absolute Gasteiger partial charge is 0.0231 e. The van der Waals surface area contributed by atoms with Crippen molar-refractivity contribution < 1.29 is 0 Å². The molecule has 2 rings (SSSR count). The molecule has 24 heavy (non-hydrogen) atoms. The molecule has 1 aliphatic rings. The van der Waals surface area contributed by atoms with Crippen molar-refractivity contribution >= 4 is 0 Å². The van der Waals surface area contributed by atoms with Gasteiger partial charge in [0.2, 0.25) is 0 Å². The molecule has 1 aromatic carbocycles. The third-order valence-corrected chi connectivity index (χ3v) is 3.61. The monoisotopic (exact) mass is 332 g/mol. The third-order valence-electron chi connectivity index (χ3n) is 3.61. The lowest BCUT2D eigenvalue weighted by molar-refractivity contribution is 0.431. The Hall–Kier alpha value is -1.04. The van der Waals surface area contributed by atoms with Crippen LogP contribution in [0.1, 0.15) is 86.6 Å². The summed E-state index contributed by atoms with van der Waals surface area (Å²) in [6.45, 7) is 17.1. The topological polar surface area (TPSA) is 0 Å². The largest absolute Gasteiger partial charge is 0.0883 e. The Kier molecular flexibility index (Phi) is 19.2. The van der Waals surface area contributed by atoms with Gasteiger partial charge in [-0.25, -0.2) is 0 Å². The average Bonchev–Trinajstić information content (AvgIpc) is 2.60. The van der Waals surface area contributed by atoms with Crippen molar-refractivity contribution in [2.75, 3.05) is 0 Å². The molecule has 0 heterocycles. The van der Waals surface area contributed by atoms with Gasteiger partial charge in [-0.15, -0.1) is 0 Å². The second-order valence-electron chi connectivity index (χ2n) is 6.83. The van der Waals surface area contributed by atoms with Gasteiger partial charge in [0.05, 0.1) is 0 Å². The van der Waals surface area contributed by atoms with Crippen LogP contribution in [0.15, 0.2) is 42.5 Å². The second kappa shape index (κ2) is 18.3. The Labute approximate surface area is 153 Å². The van der Waals surface area contributed by atoms with Gasteiger partial charge in [-0.05, 0) is 55.4 Å². The second-order valence-corrected chi connectivity index (χ2v) is 6.83. The van der Waals surface area contributed by atoms with Gasteiger partial charge in [-0.1, -0.05) is 97.9 Å². The molecule has 1 atom stereocenters. The molecule has 1 aliphatic carbocycles. The number of hydrogen-bond donors (Lipinski definition) is 0. The average molecular weight is 333 g/mol. The van der Waals surface area contributed by atoms with Crippen molar-refractivity contribution in [3.8, 4) is 0 Å². The molecule has 0 fully saturated rings. The van der Waals surface area contributed by atoms with E-state index in [2.05, 4.69) is 70.2 Å². The van der Waals surface area contributed by atoms with Crippen LogP contribution in [0.2, 0.25) is 0 Å². The van der Waals surface area contributed by atoms with Crippen LogP contribution in [0.3, 0.4) is 0 Å². The molecule has 0 amide bonds. The summed E-state index contributed by atoms with van der Waals surface area (Å²) in [6.07, 6.45) is 11.5. The Bertz CT molecular complexity index is 359. The first kappa shape index (κ1) is 25.2. The van der Waals surface area contributed by atoms with Gasteiger partial charge in [0.25, 0.3) is 0 Å². The molecule has 0 heteroatoms. The molecule has 0 saturated heterocycles. The normalized spacial score (nSPS) is 15.5. The summed E-state index contributed by atoms with van der Waals surface area (Å²) < 4.78 is 0. The first-order valence-corrected chi connectivity index (χ1v) is 10.3. The van der Waals surface area contributed by atoms with E-state index in [-0.39, 0.29) is 0 Å². The molecule has 0 aliphatic heterocycles. The number of allylic oxidation sites excluding steroid dienone is 2. The van der Waals surface area contributed by atoms with E-state index in [1.54, 1.807) is 0 Å². The number of hydrogen-bond acceptors (Lipinski definition) is 0. The van der Waals surface area contributed by atoms with Gasteiger partial charge in [0.1, 0.15) is 0 Å². The minimum atomic E-state index is 0.766. The summed E-state index contributed by atoms with van der Waals surface area (Å²) in [5.74, 6) is 2.53. The van der Waals surface area contributed by atoms with Gasteiger partial charge in [-0.3, -0.25) is 0 Å². The van der Waals surface area contributed by atoms with Crippen LogP contribution in [0.5, 0.6) is 0 Å². The van der Waals surface area contributed by atoms with Crippen LogP contribution >= 0.6 is 0 Å². The maximum absolute atomic E-state index is 2.41. The molecule has 0 nitrogen and oxygen atoms in total. The third kappa shape index (κ3) is 15.8. The van der Waals surface area contributed by atoms with E-state index in [0.29, 0.717) is 0 Å². The molecule has 0 N–H and O–H groups in total. The van der Waals surface area contributed by atoms with Crippen molar-refractivity contribution in [3.63, 3.8) is 0 Å². The first-order valence-electron chi connectivity index (χ1n) is 10.3. The quantitative estimate of drug-likeness (QED) is 0.486. The van der Waals surface area contributed by atoms with Gasteiger partial charge < -0.3 is 0 Å². The van der Waals surface area contributed by atoms with Crippen molar-refractivity contribution in [1.82, 2.24) is 0 Å². The fourth-order valence-corrected chi connectivity index (χ4v) is 2.77. The minimum absolute atomic E-state index is 0.766. The fourth-order valence-electron chi connectivity index (χ4n) is 2.77. The van der Waals surface area contributed by atoms with E-state index >= 15 is 0 Å². The molecule has 0 saturated carbocycles. The highest BCUT2D eigenvalue weighted by Crippen LogP contribution is 2.23. The van der Waals surface area contributed by atoms with E-state index < -0.39 is 0 Å².